The summed E-state index contributed by atoms with van der Waals surface area (Å²) < 4.78 is 0. The minimum Gasteiger partial charge on any atom is -0.370 e. The lowest BCUT2D eigenvalue weighted by atomic mass is 9.83. The zero-order chi connectivity index (χ0) is 14.6. The molecule has 1 fully saturated rings. The van der Waals surface area contributed by atoms with Gasteiger partial charge in [-0.05, 0) is 31.6 Å². The Morgan fingerprint density at radius 1 is 1.20 bits per heavy atom. The lowest BCUT2D eigenvalue weighted by Crippen LogP contribution is -2.38. The highest BCUT2D eigenvalue weighted by Crippen LogP contribution is 2.32. The Hall–Kier alpha value is -1.32. The number of hydrogen-bond acceptors (Lipinski definition) is 4. The van der Waals surface area contributed by atoms with Crippen LogP contribution in [-0.4, -0.2) is 29.6 Å². The Labute approximate surface area is 123 Å². The molecule has 0 saturated carbocycles. The number of aryl methyl sites for hydroxylation is 1. The van der Waals surface area contributed by atoms with Crippen LogP contribution in [0.4, 0.5) is 11.6 Å². The van der Waals surface area contributed by atoms with E-state index in [4.69, 9.17) is 4.98 Å². The third kappa shape index (κ3) is 3.84. The Morgan fingerprint density at radius 3 is 2.50 bits per heavy atom. The van der Waals surface area contributed by atoms with Crippen LogP contribution in [0.5, 0.6) is 0 Å². The normalized spacial score (nSPS) is 18.1. The van der Waals surface area contributed by atoms with Crippen LogP contribution in [0.25, 0.3) is 0 Å². The molecule has 0 bridgehead atoms. The van der Waals surface area contributed by atoms with Crippen molar-refractivity contribution in [2.45, 2.75) is 53.4 Å². The second-order valence-corrected chi connectivity index (χ2v) is 6.46. The molecule has 2 heterocycles. The van der Waals surface area contributed by atoms with E-state index in [1.165, 1.54) is 12.8 Å². The van der Waals surface area contributed by atoms with Crippen molar-refractivity contribution >= 4 is 11.6 Å². The number of anilines is 2. The SMILES string of the molecule is CCCc1nc(NCC)cc(N2CCC(C)(C)CC2)n1. The van der Waals surface area contributed by atoms with Gasteiger partial charge in [-0.2, -0.15) is 0 Å². The van der Waals surface area contributed by atoms with Crippen molar-refractivity contribution in [2.24, 2.45) is 5.41 Å². The van der Waals surface area contributed by atoms with Crippen molar-refractivity contribution in [2.75, 3.05) is 29.9 Å². The molecule has 0 aromatic carbocycles. The van der Waals surface area contributed by atoms with Crippen LogP contribution in [-0.2, 0) is 6.42 Å². The zero-order valence-corrected chi connectivity index (χ0v) is 13.4. The van der Waals surface area contributed by atoms with Gasteiger partial charge in [0.15, 0.2) is 0 Å². The van der Waals surface area contributed by atoms with E-state index < -0.39 is 0 Å². The van der Waals surface area contributed by atoms with Gasteiger partial charge in [0.1, 0.15) is 17.5 Å². The number of hydrogen-bond donors (Lipinski definition) is 1. The summed E-state index contributed by atoms with van der Waals surface area (Å²) in [4.78, 5) is 11.7. The Bertz CT molecular complexity index is 408. The largest absolute Gasteiger partial charge is 0.370 e. The van der Waals surface area contributed by atoms with Crippen LogP contribution < -0.4 is 10.2 Å². The molecule has 0 unspecified atom stereocenters. The fourth-order valence-electron chi connectivity index (χ4n) is 2.59. The molecule has 0 radical (unpaired) electrons. The highest BCUT2D eigenvalue weighted by Gasteiger charge is 2.26. The van der Waals surface area contributed by atoms with E-state index >= 15 is 0 Å². The van der Waals surface area contributed by atoms with Crippen molar-refractivity contribution in [3.8, 4) is 0 Å². The third-order valence-electron chi connectivity index (χ3n) is 4.03. The van der Waals surface area contributed by atoms with Crippen molar-refractivity contribution in [1.29, 1.82) is 0 Å². The molecule has 1 aromatic heterocycles. The second kappa shape index (κ2) is 6.42. The molecule has 2 rings (SSSR count). The predicted molar refractivity (Wildman–Crippen MR) is 85.4 cm³/mol. The van der Waals surface area contributed by atoms with Crippen LogP contribution in [0.3, 0.4) is 0 Å². The fourth-order valence-corrected chi connectivity index (χ4v) is 2.59. The lowest BCUT2D eigenvalue weighted by molar-refractivity contribution is 0.279. The minimum atomic E-state index is 0.472. The van der Waals surface area contributed by atoms with E-state index in [1.54, 1.807) is 0 Å². The monoisotopic (exact) mass is 276 g/mol. The molecule has 112 valence electrons. The highest BCUT2D eigenvalue weighted by atomic mass is 15.2. The molecule has 0 spiro atoms. The van der Waals surface area contributed by atoms with Gasteiger partial charge < -0.3 is 10.2 Å². The van der Waals surface area contributed by atoms with Gasteiger partial charge in [-0.3, -0.25) is 0 Å². The van der Waals surface area contributed by atoms with Gasteiger partial charge in [-0.15, -0.1) is 0 Å². The first kappa shape index (κ1) is 15.1. The van der Waals surface area contributed by atoms with E-state index in [9.17, 15) is 0 Å². The Morgan fingerprint density at radius 2 is 1.90 bits per heavy atom. The van der Waals surface area contributed by atoms with Crippen LogP contribution in [0.1, 0.15) is 52.8 Å². The molecule has 0 amide bonds. The van der Waals surface area contributed by atoms with Crippen LogP contribution in [0, 0.1) is 5.41 Å². The summed E-state index contributed by atoms with van der Waals surface area (Å²) in [5, 5.41) is 3.32. The van der Waals surface area contributed by atoms with Crippen molar-refractivity contribution in [3.63, 3.8) is 0 Å². The van der Waals surface area contributed by atoms with E-state index in [1.807, 2.05) is 0 Å². The first-order chi connectivity index (χ1) is 9.54. The molecular formula is C16H28N4. The van der Waals surface area contributed by atoms with E-state index in [-0.39, 0.29) is 0 Å². The van der Waals surface area contributed by atoms with Gasteiger partial charge in [-0.1, -0.05) is 20.8 Å². The van der Waals surface area contributed by atoms with Gasteiger partial charge in [0.2, 0.25) is 0 Å². The predicted octanol–water partition coefficient (Wildman–Crippen LogP) is 3.49. The summed E-state index contributed by atoms with van der Waals surface area (Å²) >= 11 is 0. The van der Waals surface area contributed by atoms with Crippen LogP contribution in [0.15, 0.2) is 6.07 Å². The first-order valence-electron chi connectivity index (χ1n) is 7.91. The topological polar surface area (TPSA) is 41.1 Å². The molecule has 1 N–H and O–H groups in total. The van der Waals surface area contributed by atoms with Gasteiger partial charge >= 0.3 is 0 Å². The standard InChI is InChI=1S/C16H28N4/c1-5-7-13-18-14(17-6-2)12-15(19-13)20-10-8-16(3,4)9-11-20/h12H,5-11H2,1-4H3,(H,17,18,19). The average molecular weight is 276 g/mol. The van der Waals surface area contributed by atoms with Gasteiger partial charge in [0, 0.05) is 32.1 Å². The summed E-state index contributed by atoms with van der Waals surface area (Å²) in [6.45, 7) is 12.1. The number of piperidine rings is 1. The molecule has 1 aliphatic heterocycles. The second-order valence-electron chi connectivity index (χ2n) is 6.46. The van der Waals surface area contributed by atoms with Gasteiger partial charge in [-0.25, -0.2) is 9.97 Å². The Balaban J connectivity index is 2.17. The van der Waals surface area contributed by atoms with E-state index in [0.717, 1.165) is 49.9 Å². The Kier molecular flexibility index (Phi) is 4.84. The van der Waals surface area contributed by atoms with Gasteiger partial charge in [0.25, 0.3) is 0 Å². The molecule has 4 nitrogen and oxygen atoms in total. The summed E-state index contributed by atoms with van der Waals surface area (Å²) in [5.41, 5.74) is 0.472. The number of rotatable bonds is 5. The number of aromatic nitrogens is 2. The van der Waals surface area contributed by atoms with Crippen LogP contribution >= 0.6 is 0 Å². The summed E-state index contributed by atoms with van der Waals surface area (Å²) in [7, 11) is 0. The van der Waals surface area contributed by atoms with Gasteiger partial charge in [0.05, 0.1) is 0 Å². The zero-order valence-electron chi connectivity index (χ0n) is 13.4. The molecule has 1 aliphatic rings. The van der Waals surface area contributed by atoms with Crippen molar-refractivity contribution in [1.82, 2.24) is 9.97 Å². The number of nitrogens with zero attached hydrogens (tertiary/aromatic N) is 3. The molecule has 0 aliphatic carbocycles. The molecule has 0 atom stereocenters. The number of nitrogens with one attached hydrogen (secondary N) is 1. The maximum absolute atomic E-state index is 4.75. The molecule has 1 saturated heterocycles. The third-order valence-corrected chi connectivity index (χ3v) is 4.03. The molecule has 4 heteroatoms. The quantitative estimate of drug-likeness (QED) is 0.894. The molecular weight excluding hydrogens is 248 g/mol. The maximum atomic E-state index is 4.75. The minimum absolute atomic E-state index is 0.472. The first-order valence-corrected chi connectivity index (χ1v) is 7.91. The molecule has 1 aromatic rings. The van der Waals surface area contributed by atoms with E-state index in [2.05, 4.69) is 49.0 Å². The summed E-state index contributed by atoms with van der Waals surface area (Å²) in [5.74, 6) is 3.02. The van der Waals surface area contributed by atoms with Crippen molar-refractivity contribution in [3.05, 3.63) is 11.9 Å². The summed E-state index contributed by atoms with van der Waals surface area (Å²) in [6, 6.07) is 2.10. The smallest absolute Gasteiger partial charge is 0.134 e. The van der Waals surface area contributed by atoms with E-state index in [0.29, 0.717) is 5.41 Å². The van der Waals surface area contributed by atoms with Crippen LogP contribution in [0.2, 0.25) is 0 Å². The maximum Gasteiger partial charge on any atom is 0.134 e. The molecule has 20 heavy (non-hydrogen) atoms. The lowest BCUT2D eigenvalue weighted by Gasteiger charge is -2.37. The van der Waals surface area contributed by atoms with Crippen molar-refractivity contribution < 1.29 is 0 Å². The highest BCUT2D eigenvalue weighted by molar-refractivity contribution is 5.49. The fraction of sp³-hybridized carbons (Fsp3) is 0.750. The average Bonchev–Trinajstić information content (AvgIpc) is 2.39. The summed E-state index contributed by atoms with van der Waals surface area (Å²) in [6.07, 6.45) is 4.50.